The average Bonchev–Trinajstić information content (AvgIpc) is 2.70. The Kier molecular flexibility index (Phi) is 4.43. The van der Waals surface area contributed by atoms with Crippen LogP contribution in [0.1, 0.15) is 50.6 Å². The summed E-state index contributed by atoms with van der Waals surface area (Å²) in [6.07, 6.45) is 0.0166. The van der Waals surface area contributed by atoms with E-state index >= 15 is 0 Å². The number of nitrogens with one attached hydrogen (secondary N) is 1. The van der Waals surface area contributed by atoms with Crippen LogP contribution in [0.15, 0.2) is 18.2 Å². The molecule has 3 heteroatoms. The predicted octanol–water partition coefficient (Wildman–Crippen LogP) is 3.42. The van der Waals surface area contributed by atoms with Gasteiger partial charge in [-0.25, -0.2) is 0 Å². The van der Waals surface area contributed by atoms with Crippen LogP contribution in [-0.2, 0) is 4.79 Å². The summed E-state index contributed by atoms with van der Waals surface area (Å²) < 4.78 is 0. The average molecular weight is 288 g/mol. The van der Waals surface area contributed by atoms with Gasteiger partial charge in [0.2, 0.25) is 5.91 Å². The lowest BCUT2D eigenvalue weighted by Gasteiger charge is -2.34. The Morgan fingerprint density at radius 2 is 2.00 bits per heavy atom. The minimum Gasteiger partial charge on any atom is -0.322 e. The second-order valence-corrected chi connectivity index (χ2v) is 7.46. The molecule has 0 saturated carbocycles. The quantitative estimate of drug-likeness (QED) is 0.924. The number of carbonyl (C=O) groups is 1. The number of benzene rings is 1. The van der Waals surface area contributed by atoms with Gasteiger partial charge in [0.05, 0.1) is 6.54 Å². The molecular weight excluding hydrogens is 260 g/mol. The van der Waals surface area contributed by atoms with Crippen LogP contribution in [0, 0.1) is 25.2 Å². The second-order valence-electron chi connectivity index (χ2n) is 7.46. The van der Waals surface area contributed by atoms with E-state index in [2.05, 4.69) is 65.1 Å². The molecule has 116 valence electrons. The summed E-state index contributed by atoms with van der Waals surface area (Å²) in [7, 11) is 0. The molecule has 0 spiro atoms. The molecule has 0 bridgehead atoms. The SMILES string of the molecule is Cc1ccc(C2NCC(=O)N2CC(C)C(C)(C)C)c(C)c1. The maximum Gasteiger partial charge on any atom is 0.238 e. The van der Waals surface area contributed by atoms with Crippen LogP contribution in [0.2, 0.25) is 0 Å². The summed E-state index contributed by atoms with van der Waals surface area (Å²) in [4.78, 5) is 14.3. The van der Waals surface area contributed by atoms with Gasteiger partial charge in [-0.3, -0.25) is 10.1 Å². The summed E-state index contributed by atoms with van der Waals surface area (Å²) >= 11 is 0. The third-order valence-corrected chi connectivity index (χ3v) is 4.75. The van der Waals surface area contributed by atoms with Gasteiger partial charge in [-0.1, -0.05) is 51.5 Å². The fraction of sp³-hybridized carbons (Fsp3) is 0.611. The summed E-state index contributed by atoms with van der Waals surface area (Å²) in [5.74, 6) is 0.658. The zero-order valence-electron chi connectivity index (χ0n) is 14.2. The lowest BCUT2D eigenvalue weighted by atomic mass is 9.81. The largest absolute Gasteiger partial charge is 0.322 e. The van der Waals surface area contributed by atoms with Crippen LogP contribution in [0.25, 0.3) is 0 Å². The fourth-order valence-electron chi connectivity index (χ4n) is 2.73. The number of amides is 1. The summed E-state index contributed by atoms with van der Waals surface area (Å²) in [5, 5.41) is 3.37. The first kappa shape index (κ1) is 16.0. The Balaban J connectivity index is 2.24. The van der Waals surface area contributed by atoms with Gasteiger partial charge < -0.3 is 4.90 Å². The molecular formula is C18H28N2O. The zero-order chi connectivity index (χ0) is 15.8. The van der Waals surface area contributed by atoms with E-state index in [1.165, 1.54) is 16.7 Å². The third-order valence-electron chi connectivity index (χ3n) is 4.75. The van der Waals surface area contributed by atoms with Gasteiger partial charge in [-0.05, 0) is 36.3 Å². The van der Waals surface area contributed by atoms with Crippen molar-refractivity contribution < 1.29 is 4.79 Å². The van der Waals surface area contributed by atoms with Crippen LogP contribution in [0.5, 0.6) is 0 Å². The monoisotopic (exact) mass is 288 g/mol. The highest BCUT2D eigenvalue weighted by Gasteiger charge is 2.35. The fourth-order valence-corrected chi connectivity index (χ4v) is 2.73. The highest BCUT2D eigenvalue weighted by molar-refractivity contribution is 5.81. The van der Waals surface area contributed by atoms with E-state index in [-0.39, 0.29) is 17.5 Å². The zero-order valence-corrected chi connectivity index (χ0v) is 14.2. The maximum absolute atomic E-state index is 12.3. The van der Waals surface area contributed by atoms with Gasteiger partial charge in [0.25, 0.3) is 0 Å². The molecule has 1 N–H and O–H groups in total. The van der Waals surface area contributed by atoms with Crippen LogP contribution >= 0.6 is 0 Å². The van der Waals surface area contributed by atoms with Gasteiger partial charge >= 0.3 is 0 Å². The maximum atomic E-state index is 12.3. The molecule has 0 radical (unpaired) electrons. The molecule has 2 atom stereocenters. The number of aryl methyl sites for hydroxylation is 2. The van der Waals surface area contributed by atoms with E-state index in [4.69, 9.17) is 0 Å². The summed E-state index contributed by atoms with van der Waals surface area (Å²) in [6, 6.07) is 6.46. The van der Waals surface area contributed by atoms with Crippen LogP contribution in [-0.4, -0.2) is 23.9 Å². The van der Waals surface area contributed by atoms with Crippen molar-refractivity contribution in [1.82, 2.24) is 10.2 Å². The van der Waals surface area contributed by atoms with Gasteiger partial charge in [-0.2, -0.15) is 0 Å². The molecule has 0 aliphatic carbocycles. The number of carbonyl (C=O) groups excluding carboxylic acids is 1. The first-order chi connectivity index (χ1) is 9.70. The van der Waals surface area contributed by atoms with E-state index in [0.717, 1.165) is 6.54 Å². The highest BCUT2D eigenvalue weighted by atomic mass is 16.2. The molecule has 0 aromatic heterocycles. The van der Waals surface area contributed by atoms with Gasteiger partial charge in [-0.15, -0.1) is 0 Å². The Labute approximate surface area is 128 Å². The molecule has 1 saturated heterocycles. The number of rotatable bonds is 3. The Morgan fingerprint density at radius 3 is 2.57 bits per heavy atom. The number of hydrogen-bond donors (Lipinski definition) is 1. The second kappa shape index (κ2) is 5.80. The van der Waals surface area contributed by atoms with Crippen molar-refractivity contribution in [2.24, 2.45) is 11.3 Å². The van der Waals surface area contributed by atoms with Crippen molar-refractivity contribution in [1.29, 1.82) is 0 Å². The Bertz CT molecular complexity index is 531. The Hall–Kier alpha value is -1.35. The molecule has 1 fully saturated rings. The summed E-state index contributed by atoms with van der Waals surface area (Å²) in [5.41, 5.74) is 3.92. The van der Waals surface area contributed by atoms with Gasteiger partial charge in [0.15, 0.2) is 0 Å². The van der Waals surface area contributed by atoms with Crippen molar-refractivity contribution in [3.63, 3.8) is 0 Å². The van der Waals surface area contributed by atoms with Crippen LogP contribution in [0.3, 0.4) is 0 Å². The standard InChI is InChI=1S/C18H28N2O/c1-12-7-8-15(13(2)9-12)17-19-10-16(21)20(17)11-14(3)18(4,5)6/h7-9,14,17,19H,10-11H2,1-6H3. The molecule has 1 aromatic carbocycles. The van der Waals surface area contributed by atoms with Crippen molar-refractivity contribution in [3.8, 4) is 0 Å². The lowest BCUT2D eigenvalue weighted by molar-refractivity contribution is -0.129. The van der Waals surface area contributed by atoms with E-state index in [9.17, 15) is 4.79 Å². The molecule has 2 unspecified atom stereocenters. The minimum atomic E-state index is 0.0166. The van der Waals surface area contributed by atoms with Crippen molar-refractivity contribution in [2.75, 3.05) is 13.1 Å². The molecule has 1 aromatic rings. The smallest absolute Gasteiger partial charge is 0.238 e. The lowest BCUT2D eigenvalue weighted by Crippen LogP contribution is -2.38. The topological polar surface area (TPSA) is 32.3 Å². The molecule has 1 amide bonds. The normalized spacial score (nSPS) is 21.0. The van der Waals surface area contributed by atoms with Crippen LogP contribution < -0.4 is 5.32 Å². The molecule has 1 heterocycles. The third kappa shape index (κ3) is 3.46. The van der Waals surface area contributed by atoms with Crippen LogP contribution in [0.4, 0.5) is 0 Å². The van der Waals surface area contributed by atoms with Gasteiger partial charge in [0, 0.05) is 6.54 Å². The predicted molar refractivity (Wildman–Crippen MR) is 87.0 cm³/mol. The number of nitrogens with zero attached hydrogens (tertiary/aromatic N) is 1. The Morgan fingerprint density at radius 1 is 1.33 bits per heavy atom. The first-order valence-corrected chi connectivity index (χ1v) is 7.80. The minimum absolute atomic E-state index is 0.0166. The molecule has 2 rings (SSSR count). The van der Waals surface area contributed by atoms with Crippen molar-refractivity contribution in [3.05, 3.63) is 34.9 Å². The highest BCUT2D eigenvalue weighted by Crippen LogP contribution is 2.31. The molecule has 1 aliphatic rings. The summed E-state index contributed by atoms with van der Waals surface area (Å²) in [6.45, 7) is 14.4. The molecule has 21 heavy (non-hydrogen) atoms. The van der Waals surface area contributed by atoms with Crippen molar-refractivity contribution in [2.45, 2.75) is 47.7 Å². The number of hydrogen-bond acceptors (Lipinski definition) is 2. The van der Waals surface area contributed by atoms with Crippen molar-refractivity contribution >= 4 is 5.91 Å². The molecule has 3 nitrogen and oxygen atoms in total. The van der Waals surface area contributed by atoms with E-state index in [0.29, 0.717) is 12.5 Å². The first-order valence-electron chi connectivity index (χ1n) is 7.80. The van der Waals surface area contributed by atoms with E-state index in [1.807, 2.05) is 4.90 Å². The van der Waals surface area contributed by atoms with E-state index in [1.54, 1.807) is 0 Å². The van der Waals surface area contributed by atoms with E-state index < -0.39 is 0 Å². The molecule has 1 aliphatic heterocycles. The van der Waals surface area contributed by atoms with Gasteiger partial charge in [0.1, 0.15) is 6.17 Å².